The fraction of sp³-hybridized carbons (Fsp3) is 0.286. The first kappa shape index (κ1) is 8.46. The lowest BCUT2D eigenvalue weighted by atomic mass is 10.2. The molecule has 0 bridgehead atoms. The van der Waals surface area contributed by atoms with Gasteiger partial charge in [-0.2, -0.15) is 0 Å². The van der Waals surface area contributed by atoms with Crippen LogP contribution in [0.25, 0.3) is 0 Å². The lowest BCUT2D eigenvalue weighted by molar-refractivity contribution is 0.0923. The molecule has 0 spiro atoms. The summed E-state index contributed by atoms with van der Waals surface area (Å²) in [6, 6.07) is 3.12. The standard InChI is InChI=1S/C7H8ClNO2/c8-5-1-2-9-6(3-5)7(11)4-10/h1-3,7,10-11H,4H2. The Hall–Kier alpha value is -0.640. The first-order valence-electron chi connectivity index (χ1n) is 3.14. The van der Waals surface area contributed by atoms with Crippen LogP contribution in [0.2, 0.25) is 5.02 Å². The number of nitrogens with zero attached hydrogens (tertiary/aromatic N) is 1. The Morgan fingerprint density at radius 3 is 2.91 bits per heavy atom. The Kier molecular flexibility index (Phi) is 2.82. The van der Waals surface area contributed by atoms with Crippen LogP contribution < -0.4 is 0 Å². The largest absolute Gasteiger partial charge is 0.393 e. The Bertz CT molecular complexity index is 242. The Morgan fingerprint density at radius 2 is 2.36 bits per heavy atom. The average molecular weight is 174 g/mol. The smallest absolute Gasteiger partial charge is 0.119 e. The van der Waals surface area contributed by atoms with E-state index < -0.39 is 6.10 Å². The van der Waals surface area contributed by atoms with Crippen LogP contribution in [0.15, 0.2) is 18.3 Å². The van der Waals surface area contributed by atoms with Crippen LogP contribution in [0.1, 0.15) is 11.8 Å². The van der Waals surface area contributed by atoms with E-state index in [1.54, 1.807) is 6.07 Å². The van der Waals surface area contributed by atoms with Crippen LogP contribution in [-0.2, 0) is 0 Å². The van der Waals surface area contributed by atoms with Gasteiger partial charge in [0.15, 0.2) is 0 Å². The molecule has 2 N–H and O–H groups in total. The Labute approximate surface area is 69.3 Å². The second-order valence-corrected chi connectivity index (χ2v) is 2.53. The third-order valence-electron chi connectivity index (χ3n) is 1.26. The second kappa shape index (κ2) is 3.67. The molecule has 0 aliphatic carbocycles. The molecular formula is C7H8ClNO2. The van der Waals surface area contributed by atoms with Gasteiger partial charge < -0.3 is 10.2 Å². The van der Waals surface area contributed by atoms with E-state index in [-0.39, 0.29) is 6.61 Å². The molecule has 1 atom stereocenters. The third kappa shape index (κ3) is 2.15. The molecule has 4 heteroatoms. The summed E-state index contributed by atoms with van der Waals surface area (Å²) in [5, 5.41) is 18.1. The number of pyridine rings is 1. The molecular weight excluding hydrogens is 166 g/mol. The van der Waals surface area contributed by atoms with Gasteiger partial charge >= 0.3 is 0 Å². The summed E-state index contributed by atoms with van der Waals surface area (Å²) in [4.78, 5) is 3.82. The van der Waals surface area contributed by atoms with Gasteiger partial charge in [-0.25, -0.2) is 0 Å². The zero-order chi connectivity index (χ0) is 8.27. The van der Waals surface area contributed by atoms with Crippen LogP contribution in [0, 0.1) is 0 Å². The summed E-state index contributed by atoms with van der Waals surface area (Å²) in [5.41, 5.74) is 0.389. The van der Waals surface area contributed by atoms with Crippen LogP contribution in [0.3, 0.4) is 0 Å². The van der Waals surface area contributed by atoms with E-state index in [1.807, 2.05) is 0 Å². The van der Waals surface area contributed by atoms with Crippen molar-refractivity contribution < 1.29 is 10.2 Å². The van der Waals surface area contributed by atoms with Crippen molar-refractivity contribution in [3.05, 3.63) is 29.0 Å². The summed E-state index contributed by atoms with van der Waals surface area (Å²) in [6.45, 7) is -0.340. The van der Waals surface area contributed by atoms with Gasteiger partial charge in [0.05, 0.1) is 12.3 Å². The van der Waals surface area contributed by atoms with Crippen molar-refractivity contribution in [2.75, 3.05) is 6.61 Å². The van der Waals surface area contributed by atoms with Gasteiger partial charge in [0.1, 0.15) is 6.10 Å². The molecule has 1 aromatic rings. The first-order chi connectivity index (χ1) is 5.24. The maximum absolute atomic E-state index is 9.08. The number of rotatable bonds is 2. The fourth-order valence-corrected chi connectivity index (χ4v) is 0.865. The van der Waals surface area contributed by atoms with E-state index in [1.165, 1.54) is 12.3 Å². The fourth-order valence-electron chi connectivity index (χ4n) is 0.697. The molecule has 0 saturated carbocycles. The molecule has 1 unspecified atom stereocenters. The molecule has 0 aliphatic rings. The highest BCUT2D eigenvalue weighted by Gasteiger charge is 2.06. The number of aliphatic hydroxyl groups excluding tert-OH is 2. The monoisotopic (exact) mass is 173 g/mol. The SMILES string of the molecule is OCC(O)c1cc(Cl)ccn1. The maximum Gasteiger partial charge on any atom is 0.119 e. The molecule has 1 heterocycles. The summed E-state index contributed by atoms with van der Waals surface area (Å²) >= 11 is 5.61. The molecule has 1 aromatic heterocycles. The van der Waals surface area contributed by atoms with E-state index in [0.717, 1.165) is 0 Å². The topological polar surface area (TPSA) is 53.4 Å². The van der Waals surface area contributed by atoms with Crippen molar-refractivity contribution in [2.45, 2.75) is 6.10 Å². The minimum absolute atomic E-state index is 0.340. The van der Waals surface area contributed by atoms with Crippen LogP contribution >= 0.6 is 11.6 Å². The molecule has 1 rings (SSSR count). The number of aromatic nitrogens is 1. The van der Waals surface area contributed by atoms with Gasteiger partial charge in [-0.3, -0.25) is 4.98 Å². The molecule has 0 aliphatic heterocycles. The molecule has 0 saturated heterocycles. The predicted molar refractivity (Wildman–Crippen MR) is 41.3 cm³/mol. The van der Waals surface area contributed by atoms with E-state index >= 15 is 0 Å². The highest BCUT2D eigenvalue weighted by Crippen LogP contribution is 2.13. The lowest BCUT2D eigenvalue weighted by Crippen LogP contribution is -2.04. The number of hydrogen-bond acceptors (Lipinski definition) is 3. The van der Waals surface area contributed by atoms with Crippen molar-refractivity contribution in [1.29, 1.82) is 0 Å². The van der Waals surface area contributed by atoms with Gasteiger partial charge in [-0.05, 0) is 12.1 Å². The summed E-state index contributed by atoms with van der Waals surface area (Å²) < 4.78 is 0. The van der Waals surface area contributed by atoms with Gasteiger partial charge in [-0.1, -0.05) is 11.6 Å². The molecule has 0 fully saturated rings. The zero-order valence-corrected chi connectivity index (χ0v) is 6.49. The minimum atomic E-state index is -0.936. The van der Waals surface area contributed by atoms with E-state index in [0.29, 0.717) is 10.7 Å². The molecule has 11 heavy (non-hydrogen) atoms. The van der Waals surface area contributed by atoms with Crippen LogP contribution in [-0.4, -0.2) is 21.8 Å². The summed E-state index contributed by atoms with van der Waals surface area (Å²) in [5.74, 6) is 0. The lowest BCUT2D eigenvalue weighted by Gasteiger charge is -2.04. The highest BCUT2D eigenvalue weighted by molar-refractivity contribution is 6.30. The predicted octanol–water partition coefficient (Wildman–Crippen LogP) is 0.761. The Morgan fingerprint density at radius 1 is 1.64 bits per heavy atom. The van der Waals surface area contributed by atoms with E-state index in [4.69, 9.17) is 21.8 Å². The van der Waals surface area contributed by atoms with Crippen LogP contribution in [0.4, 0.5) is 0 Å². The quantitative estimate of drug-likeness (QED) is 0.695. The van der Waals surface area contributed by atoms with Crippen molar-refractivity contribution in [1.82, 2.24) is 4.98 Å². The average Bonchev–Trinajstić information content (AvgIpc) is 2.03. The summed E-state index contributed by atoms with van der Waals surface area (Å²) in [7, 11) is 0. The van der Waals surface area contributed by atoms with Crippen LogP contribution in [0.5, 0.6) is 0 Å². The van der Waals surface area contributed by atoms with E-state index in [2.05, 4.69) is 4.98 Å². The summed E-state index contributed by atoms with van der Waals surface area (Å²) in [6.07, 6.45) is 0.546. The molecule has 0 aromatic carbocycles. The first-order valence-corrected chi connectivity index (χ1v) is 3.52. The normalized spacial score (nSPS) is 13.0. The van der Waals surface area contributed by atoms with E-state index in [9.17, 15) is 0 Å². The molecule has 3 nitrogen and oxygen atoms in total. The van der Waals surface area contributed by atoms with Crippen molar-refractivity contribution in [2.24, 2.45) is 0 Å². The number of hydrogen-bond donors (Lipinski definition) is 2. The molecule has 0 amide bonds. The molecule has 60 valence electrons. The van der Waals surface area contributed by atoms with Gasteiger partial charge in [0, 0.05) is 11.2 Å². The number of halogens is 1. The zero-order valence-electron chi connectivity index (χ0n) is 5.74. The van der Waals surface area contributed by atoms with Gasteiger partial charge in [0.25, 0.3) is 0 Å². The highest BCUT2D eigenvalue weighted by atomic mass is 35.5. The second-order valence-electron chi connectivity index (χ2n) is 2.10. The van der Waals surface area contributed by atoms with Crippen molar-refractivity contribution >= 4 is 11.6 Å². The number of aliphatic hydroxyl groups is 2. The van der Waals surface area contributed by atoms with Gasteiger partial charge in [0.2, 0.25) is 0 Å². The molecule has 0 radical (unpaired) electrons. The van der Waals surface area contributed by atoms with Gasteiger partial charge in [-0.15, -0.1) is 0 Å². The third-order valence-corrected chi connectivity index (χ3v) is 1.49. The minimum Gasteiger partial charge on any atom is -0.393 e. The Balaban J connectivity index is 2.86. The maximum atomic E-state index is 9.08. The van der Waals surface area contributed by atoms with Crippen molar-refractivity contribution in [3.63, 3.8) is 0 Å². The van der Waals surface area contributed by atoms with Crippen molar-refractivity contribution in [3.8, 4) is 0 Å².